The highest BCUT2D eigenvalue weighted by Gasteiger charge is 2.10. The number of aromatic nitrogens is 3. The summed E-state index contributed by atoms with van der Waals surface area (Å²) in [6, 6.07) is 15.8. The monoisotopic (exact) mass is 359 g/mol. The van der Waals surface area contributed by atoms with Gasteiger partial charge in [0, 0.05) is 31.6 Å². The number of Topliss-reactive ketones (excluding diaryl/α,β-unsaturated/α-hetero) is 1. The number of carbonyl (C=O) groups is 1. The van der Waals surface area contributed by atoms with Gasteiger partial charge in [-0.05, 0) is 60.0 Å². The van der Waals surface area contributed by atoms with Crippen molar-refractivity contribution in [1.82, 2.24) is 14.5 Å². The van der Waals surface area contributed by atoms with Crippen LogP contribution in [-0.2, 0) is 13.0 Å². The van der Waals surface area contributed by atoms with E-state index in [1.807, 2.05) is 47.3 Å². The maximum atomic E-state index is 13.3. The summed E-state index contributed by atoms with van der Waals surface area (Å²) in [4.78, 5) is 21.1. The Morgan fingerprint density at radius 2 is 1.93 bits per heavy atom. The van der Waals surface area contributed by atoms with Gasteiger partial charge in [0.05, 0.1) is 11.0 Å². The molecule has 0 saturated carbocycles. The molecular formula is C22H18FN3O. The Labute approximate surface area is 156 Å². The van der Waals surface area contributed by atoms with E-state index in [0.29, 0.717) is 25.1 Å². The van der Waals surface area contributed by atoms with Crippen LogP contribution in [0.4, 0.5) is 4.39 Å². The van der Waals surface area contributed by atoms with E-state index in [1.165, 1.54) is 12.1 Å². The number of hydrogen-bond donors (Lipinski definition) is 0. The molecular weight excluding hydrogens is 341 g/mol. The summed E-state index contributed by atoms with van der Waals surface area (Å²) in [6.07, 6.45) is 6.69. The van der Waals surface area contributed by atoms with Gasteiger partial charge in [-0.25, -0.2) is 9.37 Å². The normalized spacial score (nSPS) is 11.0. The van der Waals surface area contributed by atoms with Crippen LogP contribution in [0.5, 0.6) is 0 Å². The highest BCUT2D eigenvalue weighted by atomic mass is 19.1. The molecule has 5 heteroatoms. The smallest absolute Gasteiger partial charge is 0.181 e. The Morgan fingerprint density at radius 3 is 2.81 bits per heavy atom. The molecule has 4 rings (SSSR count). The Kier molecular flexibility index (Phi) is 4.75. The first kappa shape index (κ1) is 17.1. The fourth-order valence-corrected chi connectivity index (χ4v) is 3.08. The minimum atomic E-state index is -0.233. The summed E-state index contributed by atoms with van der Waals surface area (Å²) in [7, 11) is 0. The molecule has 1 aromatic carbocycles. The maximum Gasteiger partial charge on any atom is 0.181 e. The Bertz CT molecular complexity index is 1100. The van der Waals surface area contributed by atoms with Gasteiger partial charge in [0.1, 0.15) is 11.5 Å². The van der Waals surface area contributed by atoms with E-state index in [4.69, 9.17) is 0 Å². The van der Waals surface area contributed by atoms with Crippen molar-refractivity contribution in [3.63, 3.8) is 0 Å². The van der Waals surface area contributed by atoms with Crippen LogP contribution in [0.3, 0.4) is 0 Å². The molecule has 0 radical (unpaired) electrons. The number of halogens is 1. The van der Waals surface area contributed by atoms with E-state index in [9.17, 15) is 9.18 Å². The van der Waals surface area contributed by atoms with Gasteiger partial charge in [-0.15, -0.1) is 0 Å². The van der Waals surface area contributed by atoms with Crippen LogP contribution in [-0.4, -0.2) is 20.3 Å². The lowest BCUT2D eigenvalue weighted by Gasteiger charge is -2.03. The van der Waals surface area contributed by atoms with E-state index in [1.54, 1.807) is 18.3 Å². The number of aryl methyl sites for hydroxylation is 1. The van der Waals surface area contributed by atoms with Gasteiger partial charge in [-0.3, -0.25) is 9.78 Å². The summed E-state index contributed by atoms with van der Waals surface area (Å²) in [6.45, 7) is 0.602. The van der Waals surface area contributed by atoms with Crippen molar-refractivity contribution in [3.8, 4) is 0 Å². The average molecular weight is 359 g/mol. The van der Waals surface area contributed by atoms with Crippen molar-refractivity contribution >= 4 is 16.8 Å². The van der Waals surface area contributed by atoms with Gasteiger partial charge < -0.3 is 4.57 Å². The van der Waals surface area contributed by atoms with Gasteiger partial charge in [0.25, 0.3) is 0 Å². The first-order chi connectivity index (χ1) is 13.2. The number of fused-ring (bicyclic) bond motifs is 1. The minimum Gasteiger partial charge on any atom is -0.350 e. The van der Waals surface area contributed by atoms with Crippen LogP contribution in [0, 0.1) is 5.82 Å². The summed E-state index contributed by atoms with van der Waals surface area (Å²) in [5.41, 5.74) is 3.95. The zero-order valence-corrected chi connectivity index (χ0v) is 14.7. The number of ketones is 1. The highest BCUT2D eigenvalue weighted by molar-refractivity contribution is 5.96. The number of carbonyl (C=O) groups excluding carboxylic acids is 1. The molecule has 0 saturated heterocycles. The molecule has 0 bridgehead atoms. The quantitative estimate of drug-likeness (QED) is 0.478. The van der Waals surface area contributed by atoms with E-state index >= 15 is 0 Å². The fourth-order valence-electron chi connectivity index (χ4n) is 3.08. The molecule has 3 aromatic heterocycles. The number of hydrogen-bond acceptors (Lipinski definition) is 3. The first-order valence-corrected chi connectivity index (χ1v) is 8.81. The van der Waals surface area contributed by atoms with E-state index in [-0.39, 0.29) is 11.6 Å². The van der Waals surface area contributed by atoms with Crippen LogP contribution in [0.15, 0.2) is 73.2 Å². The van der Waals surface area contributed by atoms with Crippen LogP contribution < -0.4 is 0 Å². The molecule has 4 nitrogen and oxygen atoms in total. The van der Waals surface area contributed by atoms with Gasteiger partial charge >= 0.3 is 0 Å². The molecule has 134 valence electrons. The van der Waals surface area contributed by atoms with Crippen molar-refractivity contribution in [3.05, 3.63) is 95.8 Å². The molecule has 0 aliphatic carbocycles. The predicted molar refractivity (Wildman–Crippen MR) is 102 cm³/mol. The molecule has 0 unspecified atom stereocenters. The zero-order valence-electron chi connectivity index (χ0n) is 14.7. The predicted octanol–water partition coefficient (Wildman–Crippen LogP) is 4.43. The Hall–Kier alpha value is -3.34. The molecule has 0 N–H and O–H groups in total. The standard InChI is InChI=1S/C22H18FN3O/c23-18-4-1-3-17(13-18)15-26-12-10-16(14-26)6-9-22(27)21-8-7-19-20(25-21)5-2-11-24-19/h1-5,7-8,10-14H,6,9,15H2. The van der Waals surface area contributed by atoms with Crippen LogP contribution in [0.1, 0.15) is 28.0 Å². The molecule has 0 aliphatic heterocycles. The van der Waals surface area contributed by atoms with Crippen molar-refractivity contribution in [1.29, 1.82) is 0 Å². The van der Waals surface area contributed by atoms with Crippen molar-refractivity contribution < 1.29 is 9.18 Å². The van der Waals surface area contributed by atoms with Crippen molar-refractivity contribution in [2.45, 2.75) is 19.4 Å². The molecule has 0 aliphatic rings. The van der Waals surface area contributed by atoms with Gasteiger partial charge in [0.2, 0.25) is 0 Å². The number of pyridine rings is 2. The third-order valence-electron chi connectivity index (χ3n) is 4.45. The largest absolute Gasteiger partial charge is 0.350 e. The van der Waals surface area contributed by atoms with E-state index < -0.39 is 0 Å². The zero-order chi connectivity index (χ0) is 18.6. The molecule has 0 spiro atoms. The molecule has 4 aromatic rings. The molecule has 0 atom stereocenters. The SMILES string of the molecule is O=C(CCc1ccn(Cc2cccc(F)c2)c1)c1ccc2ncccc2n1. The van der Waals surface area contributed by atoms with Gasteiger partial charge in [-0.2, -0.15) is 0 Å². The fraction of sp³-hybridized carbons (Fsp3) is 0.136. The highest BCUT2D eigenvalue weighted by Crippen LogP contribution is 2.13. The second-order valence-electron chi connectivity index (χ2n) is 6.48. The van der Waals surface area contributed by atoms with Gasteiger partial charge in [0.15, 0.2) is 5.78 Å². The van der Waals surface area contributed by atoms with Crippen LogP contribution in [0.2, 0.25) is 0 Å². The van der Waals surface area contributed by atoms with Gasteiger partial charge in [-0.1, -0.05) is 12.1 Å². The summed E-state index contributed by atoms with van der Waals surface area (Å²) < 4.78 is 15.3. The van der Waals surface area contributed by atoms with E-state index in [2.05, 4.69) is 9.97 Å². The molecule has 0 fully saturated rings. The van der Waals surface area contributed by atoms with Crippen molar-refractivity contribution in [2.24, 2.45) is 0 Å². The Balaban J connectivity index is 1.39. The Morgan fingerprint density at radius 1 is 1.00 bits per heavy atom. The van der Waals surface area contributed by atoms with Crippen molar-refractivity contribution in [2.75, 3.05) is 0 Å². The maximum absolute atomic E-state index is 13.3. The second-order valence-corrected chi connectivity index (χ2v) is 6.48. The lowest BCUT2D eigenvalue weighted by molar-refractivity contribution is 0.0978. The second kappa shape index (κ2) is 7.50. The topological polar surface area (TPSA) is 47.8 Å². The minimum absolute atomic E-state index is 0.0126. The summed E-state index contributed by atoms with van der Waals surface area (Å²) in [5, 5.41) is 0. The van der Waals surface area contributed by atoms with E-state index in [0.717, 1.165) is 22.2 Å². The third-order valence-corrected chi connectivity index (χ3v) is 4.45. The van der Waals surface area contributed by atoms with Crippen LogP contribution >= 0.6 is 0 Å². The lowest BCUT2D eigenvalue weighted by atomic mass is 10.1. The third kappa shape index (κ3) is 4.08. The lowest BCUT2D eigenvalue weighted by Crippen LogP contribution is -2.04. The first-order valence-electron chi connectivity index (χ1n) is 8.81. The number of rotatable bonds is 6. The summed E-state index contributed by atoms with van der Waals surface area (Å²) in [5.74, 6) is -0.220. The number of nitrogens with zero attached hydrogens (tertiary/aromatic N) is 3. The molecule has 27 heavy (non-hydrogen) atoms. The molecule has 3 heterocycles. The average Bonchev–Trinajstić information content (AvgIpc) is 3.13. The molecule has 0 amide bonds. The number of benzene rings is 1. The summed E-state index contributed by atoms with van der Waals surface area (Å²) >= 11 is 0. The van der Waals surface area contributed by atoms with Crippen LogP contribution in [0.25, 0.3) is 11.0 Å².